The lowest BCUT2D eigenvalue weighted by Crippen LogP contribution is -2.26. The lowest BCUT2D eigenvalue weighted by Gasteiger charge is -2.21. The van der Waals surface area contributed by atoms with Gasteiger partial charge in [0.15, 0.2) is 0 Å². The molecule has 0 spiro atoms. The Morgan fingerprint density at radius 3 is 1.88 bits per heavy atom. The zero-order valence-electron chi connectivity index (χ0n) is 11.0. The molecule has 0 saturated heterocycles. The van der Waals surface area contributed by atoms with Crippen molar-refractivity contribution in [3.05, 3.63) is 0 Å². The van der Waals surface area contributed by atoms with Gasteiger partial charge in [-0.3, -0.25) is 15.6 Å². The van der Waals surface area contributed by atoms with Crippen LogP contribution in [0.3, 0.4) is 0 Å². The second-order valence-electron chi connectivity index (χ2n) is 4.24. The lowest BCUT2D eigenvalue weighted by atomic mass is 10.2. The molecular formula is C10H27N4OPS. The molecule has 7 heteroatoms. The molecule has 0 aliphatic rings. The van der Waals surface area contributed by atoms with Crippen LogP contribution in [-0.4, -0.2) is 17.4 Å². The van der Waals surface area contributed by atoms with Gasteiger partial charge >= 0.3 is 0 Å². The first-order chi connectivity index (χ1) is 7.99. The van der Waals surface area contributed by atoms with E-state index in [1.165, 1.54) is 37.8 Å². The molecule has 0 amide bonds. The van der Waals surface area contributed by atoms with Gasteiger partial charge in [-0.25, -0.2) is 4.31 Å². The molecule has 0 unspecified atom stereocenters. The average molecular weight is 282 g/mol. The van der Waals surface area contributed by atoms with Crippen molar-refractivity contribution in [1.82, 2.24) is 8.80 Å². The van der Waals surface area contributed by atoms with Crippen molar-refractivity contribution in [3.8, 4) is 0 Å². The van der Waals surface area contributed by atoms with Crippen LogP contribution in [0, 0.1) is 0 Å². The number of hydrogen-bond donors (Lipinski definition) is 3. The van der Waals surface area contributed by atoms with Crippen molar-refractivity contribution < 1.29 is 4.57 Å². The summed E-state index contributed by atoms with van der Waals surface area (Å²) in [5.41, 5.74) is 10.5. The smallest absolute Gasteiger partial charge is 0.271 e. The zero-order valence-corrected chi connectivity index (χ0v) is 12.7. The summed E-state index contributed by atoms with van der Waals surface area (Å²) >= 11 is 1.30. The summed E-state index contributed by atoms with van der Waals surface area (Å²) in [4.78, 5) is 0. The molecule has 0 rings (SSSR count). The molecule has 0 aromatic rings. The zero-order chi connectivity index (χ0) is 13.1. The third-order valence-electron chi connectivity index (χ3n) is 2.33. The molecule has 0 aliphatic heterocycles. The molecule has 104 valence electrons. The molecule has 0 aromatic carbocycles. The molecule has 0 fully saturated rings. The molecule has 5 N–H and O–H groups in total. The fourth-order valence-electron chi connectivity index (χ4n) is 1.40. The second kappa shape index (κ2) is 10.4. The molecule has 5 nitrogen and oxygen atoms in total. The van der Waals surface area contributed by atoms with Crippen LogP contribution in [0.1, 0.15) is 52.4 Å². The van der Waals surface area contributed by atoms with Gasteiger partial charge < -0.3 is 0 Å². The van der Waals surface area contributed by atoms with E-state index < -0.39 is 7.59 Å². The van der Waals surface area contributed by atoms with Crippen LogP contribution in [0.15, 0.2) is 0 Å². The summed E-state index contributed by atoms with van der Waals surface area (Å²) in [6.45, 7) is 6.33. The Labute approximate surface area is 110 Å². The van der Waals surface area contributed by atoms with Crippen LogP contribution >= 0.6 is 19.7 Å². The Bertz CT molecular complexity index is 214. The lowest BCUT2D eigenvalue weighted by molar-refractivity contribution is 0.432. The van der Waals surface area contributed by atoms with Crippen LogP contribution < -0.4 is 15.5 Å². The van der Waals surface area contributed by atoms with E-state index in [1.54, 1.807) is 0 Å². The molecular weight excluding hydrogens is 255 g/mol. The molecule has 0 bridgehead atoms. The quantitative estimate of drug-likeness (QED) is 0.307. The van der Waals surface area contributed by atoms with Gasteiger partial charge in [-0.1, -0.05) is 39.5 Å². The summed E-state index contributed by atoms with van der Waals surface area (Å²) in [5, 5.41) is 0. The molecule has 0 heterocycles. The van der Waals surface area contributed by atoms with Crippen LogP contribution in [-0.2, 0) is 4.57 Å². The second-order valence-corrected chi connectivity index (χ2v) is 7.08. The summed E-state index contributed by atoms with van der Waals surface area (Å²) in [6.07, 6.45) is 7.13. The number of unbranched alkanes of at least 4 members (excludes halogenated alkanes) is 4. The minimum absolute atomic E-state index is 0.981. The van der Waals surface area contributed by atoms with Crippen molar-refractivity contribution >= 4 is 19.7 Å². The summed E-state index contributed by atoms with van der Waals surface area (Å²) < 4.78 is 16.0. The fourth-order valence-corrected chi connectivity index (χ4v) is 2.81. The Morgan fingerprint density at radius 1 is 1.06 bits per heavy atom. The van der Waals surface area contributed by atoms with Gasteiger partial charge in [0.2, 0.25) is 0 Å². The van der Waals surface area contributed by atoms with E-state index >= 15 is 0 Å². The highest BCUT2D eigenvalue weighted by Gasteiger charge is 2.11. The van der Waals surface area contributed by atoms with E-state index in [0.29, 0.717) is 0 Å². The van der Waals surface area contributed by atoms with Crippen LogP contribution in [0.25, 0.3) is 0 Å². The Balaban J connectivity index is 3.87. The van der Waals surface area contributed by atoms with Gasteiger partial charge in [-0.05, 0) is 12.8 Å². The number of rotatable bonds is 11. The first kappa shape index (κ1) is 17.4. The van der Waals surface area contributed by atoms with E-state index in [-0.39, 0.29) is 0 Å². The fraction of sp³-hybridized carbons (Fsp3) is 1.00. The minimum atomic E-state index is -3.13. The van der Waals surface area contributed by atoms with Crippen molar-refractivity contribution in [2.45, 2.75) is 52.4 Å². The van der Waals surface area contributed by atoms with Gasteiger partial charge in [0.25, 0.3) is 7.59 Å². The summed E-state index contributed by atoms with van der Waals surface area (Å²) in [5.74, 6) is 0. The topological polar surface area (TPSA) is 84.4 Å². The third kappa shape index (κ3) is 12.7. The maximum Gasteiger partial charge on any atom is 0.284 e. The number of nitrogens with two attached hydrogens (primary N) is 2. The van der Waals surface area contributed by atoms with Crippen molar-refractivity contribution in [1.29, 1.82) is 0 Å². The van der Waals surface area contributed by atoms with Gasteiger partial charge in [-0.2, -0.15) is 4.49 Å². The Hall–Kier alpha value is 0.420. The van der Waals surface area contributed by atoms with E-state index in [9.17, 15) is 4.57 Å². The first-order valence-electron chi connectivity index (χ1n) is 6.36. The third-order valence-corrected chi connectivity index (χ3v) is 4.43. The molecule has 0 aliphatic carbocycles. The number of hydrogen-bond acceptors (Lipinski definition) is 3. The van der Waals surface area contributed by atoms with Crippen molar-refractivity contribution in [2.75, 3.05) is 13.1 Å². The Kier molecular flexibility index (Phi) is 10.6. The standard InChI is InChI=1S/C10H27N4OPS/c1-3-5-7-9-14(10-8-6-4-2)17-13-16(11,12)15/h3-10H2,1-2H3,(H5,11,12,13,15). The minimum Gasteiger partial charge on any atom is -0.271 e. The van der Waals surface area contributed by atoms with E-state index in [4.69, 9.17) is 11.0 Å². The van der Waals surface area contributed by atoms with E-state index in [2.05, 4.69) is 22.6 Å². The monoisotopic (exact) mass is 282 g/mol. The highest BCUT2D eigenvalue weighted by molar-refractivity contribution is 8.00. The normalized spacial score (nSPS) is 12.3. The van der Waals surface area contributed by atoms with E-state index in [0.717, 1.165) is 25.9 Å². The van der Waals surface area contributed by atoms with Crippen LogP contribution in [0.2, 0.25) is 0 Å². The van der Waals surface area contributed by atoms with Crippen LogP contribution in [0.4, 0.5) is 0 Å². The summed E-state index contributed by atoms with van der Waals surface area (Å²) in [6, 6.07) is 0. The predicted octanol–water partition coefficient (Wildman–Crippen LogP) is 2.85. The van der Waals surface area contributed by atoms with Gasteiger partial charge in [0.05, 0.1) is 0 Å². The highest BCUT2D eigenvalue weighted by atomic mass is 32.2. The molecule has 17 heavy (non-hydrogen) atoms. The van der Waals surface area contributed by atoms with Gasteiger partial charge in [-0.15, -0.1) is 0 Å². The average Bonchev–Trinajstić information content (AvgIpc) is 2.24. The molecule has 0 saturated carbocycles. The van der Waals surface area contributed by atoms with Gasteiger partial charge in [0, 0.05) is 25.2 Å². The van der Waals surface area contributed by atoms with Gasteiger partial charge in [0.1, 0.15) is 0 Å². The molecule has 0 radical (unpaired) electrons. The molecule has 0 atom stereocenters. The van der Waals surface area contributed by atoms with Crippen LogP contribution in [0.5, 0.6) is 0 Å². The van der Waals surface area contributed by atoms with Crippen molar-refractivity contribution in [3.63, 3.8) is 0 Å². The number of nitrogens with zero attached hydrogens (tertiary/aromatic N) is 1. The predicted molar refractivity (Wildman–Crippen MR) is 77.3 cm³/mol. The van der Waals surface area contributed by atoms with E-state index in [1.807, 2.05) is 0 Å². The maximum atomic E-state index is 11.2. The summed E-state index contributed by atoms with van der Waals surface area (Å²) in [7, 11) is -3.13. The number of nitrogens with one attached hydrogen (secondary N) is 1. The highest BCUT2D eigenvalue weighted by Crippen LogP contribution is 2.25. The maximum absolute atomic E-state index is 11.2. The molecule has 0 aromatic heterocycles. The SMILES string of the molecule is CCCCCN(CCCCC)SNP(N)(N)=O. The largest absolute Gasteiger partial charge is 0.284 e. The Morgan fingerprint density at radius 2 is 1.53 bits per heavy atom. The first-order valence-corrected chi connectivity index (χ1v) is 8.97. The van der Waals surface area contributed by atoms with Crippen molar-refractivity contribution in [2.24, 2.45) is 11.0 Å².